The van der Waals surface area contributed by atoms with Crippen LogP contribution >= 0.6 is 0 Å². The lowest BCUT2D eigenvalue weighted by Gasteiger charge is -2.27. The van der Waals surface area contributed by atoms with Crippen LogP contribution in [-0.2, 0) is 4.74 Å². The highest BCUT2D eigenvalue weighted by Gasteiger charge is 2.23. The number of nitrogens with one attached hydrogen (secondary N) is 1. The van der Waals surface area contributed by atoms with Crippen LogP contribution in [0.4, 0.5) is 18.9 Å². The number of carbonyl (C=O) groups excluding carboxylic acids is 1. The molecule has 0 aromatic heterocycles. The Morgan fingerprint density at radius 2 is 1.91 bits per heavy atom. The van der Waals surface area contributed by atoms with Crippen LogP contribution in [0.15, 0.2) is 42.6 Å². The molecule has 33 heavy (non-hydrogen) atoms. The molecule has 180 valence electrons. The van der Waals surface area contributed by atoms with Crippen molar-refractivity contribution in [3.63, 3.8) is 0 Å². The Hall–Kier alpha value is -3.20. The number of hydrogen-bond acceptors (Lipinski definition) is 5. The first kappa shape index (κ1) is 26.1. The maximum Gasteiger partial charge on any atom is 0.266 e. The van der Waals surface area contributed by atoms with E-state index in [1.165, 1.54) is 18.3 Å². The van der Waals surface area contributed by atoms with E-state index < -0.39 is 23.8 Å². The molecule has 9 heteroatoms. The van der Waals surface area contributed by atoms with Gasteiger partial charge in [-0.15, -0.1) is 0 Å². The number of likely N-dealkylation sites (N-methyl/N-ethyl adjacent to an activating group) is 1. The summed E-state index contributed by atoms with van der Waals surface area (Å²) >= 11 is 0. The van der Waals surface area contributed by atoms with Crippen molar-refractivity contribution in [1.82, 2.24) is 10.2 Å². The van der Waals surface area contributed by atoms with Gasteiger partial charge in [0.15, 0.2) is 0 Å². The van der Waals surface area contributed by atoms with E-state index in [-0.39, 0.29) is 17.5 Å². The summed E-state index contributed by atoms with van der Waals surface area (Å²) in [5.41, 5.74) is 12.8. The summed E-state index contributed by atoms with van der Waals surface area (Å²) in [6, 6.07) is 7.83. The van der Waals surface area contributed by atoms with Crippen molar-refractivity contribution in [2.24, 2.45) is 5.73 Å². The van der Waals surface area contributed by atoms with Crippen molar-refractivity contribution in [2.75, 3.05) is 26.5 Å². The summed E-state index contributed by atoms with van der Waals surface area (Å²) in [5, 5.41) is 3.02. The lowest BCUT2D eigenvalue weighted by atomic mass is 10.0. The normalized spacial score (nSPS) is 13.6. The molecule has 0 saturated carbocycles. The molecule has 1 unspecified atom stereocenters. The van der Waals surface area contributed by atoms with E-state index in [2.05, 4.69) is 5.32 Å². The summed E-state index contributed by atoms with van der Waals surface area (Å²) in [5.74, 6) is -1.20. The van der Waals surface area contributed by atoms with Crippen molar-refractivity contribution >= 4 is 17.3 Å². The fraction of sp³-hybridized carbons (Fsp3) is 0.375. The van der Waals surface area contributed by atoms with Crippen LogP contribution < -0.4 is 16.8 Å². The van der Waals surface area contributed by atoms with Gasteiger partial charge in [0.1, 0.15) is 5.82 Å². The van der Waals surface area contributed by atoms with Gasteiger partial charge in [0, 0.05) is 42.7 Å². The third-order valence-electron chi connectivity index (χ3n) is 5.59. The summed E-state index contributed by atoms with van der Waals surface area (Å²) < 4.78 is 45.9. The number of methoxy groups -OCH3 is 1. The number of hydrogen-bond donors (Lipinski definition) is 3. The number of rotatable bonds is 10. The van der Waals surface area contributed by atoms with Crippen LogP contribution in [0, 0.1) is 5.82 Å². The second kappa shape index (κ2) is 11.6. The molecule has 0 aliphatic carbocycles. The van der Waals surface area contributed by atoms with Gasteiger partial charge < -0.3 is 26.4 Å². The van der Waals surface area contributed by atoms with Gasteiger partial charge in [-0.25, -0.2) is 13.2 Å². The Balaban J connectivity index is 2.34. The second-order valence-electron chi connectivity index (χ2n) is 7.73. The van der Waals surface area contributed by atoms with Gasteiger partial charge in [0.05, 0.1) is 30.0 Å². The average molecular weight is 465 g/mol. The molecule has 6 nitrogen and oxygen atoms in total. The lowest BCUT2D eigenvalue weighted by molar-refractivity contribution is 0.0597. The lowest BCUT2D eigenvalue weighted by Crippen LogP contribution is -2.39. The van der Waals surface area contributed by atoms with Gasteiger partial charge in [-0.2, -0.15) is 0 Å². The van der Waals surface area contributed by atoms with Crippen LogP contribution in [0.25, 0.3) is 5.70 Å². The molecule has 2 aromatic carbocycles. The average Bonchev–Trinajstić information content (AvgIpc) is 2.80. The van der Waals surface area contributed by atoms with Crippen molar-refractivity contribution in [1.29, 1.82) is 0 Å². The minimum atomic E-state index is -2.93. The minimum absolute atomic E-state index is 0.0584. The van der Waals surface area contributed by atoms with Crippen LogP contribution in [0.2, 0.25) is 0 Å². The fourth-order valence-corrected chi connectivity index (χ4v) is 3.59. The summed E-state index contributed by atoms with van der Waals surface area (Å²) in [7, 11) is 3.28. The zero-order chi connectivity index (χ0) is 24.7. The summed E-state index contributed by atoms with van der Waals surface area (Å²) in [6.45, 7) is 3.98. The number of anilines is 1. The maximum atomic E-state index is 14.6. The van der Waals surface area contributed by atoms with E-state index in [1.54, 1.807) is 44.2 Å². The summed E-state index contributed by atoms with van der Waals surface area (Å²) in [6.07, 6.45) is -0.967. The molecule has 2 atom stereocenters. The topological polar surface area (TPSA) is 93.6 Å². The van der Waals surface area contributed by atoms with Crippen LogP contribution in [0.5, 0.6) is 0 Å². The minimum Gasteiger partial charge on any atom is -0.403 e. The van der Waals surface area contributed by atoms with Crippen LogP contribution in [0.1, 0.15) is 59.8 Å². The molecule has 0 heterocycles. The molecule has 0 aliphatic heterocycles. The van der Waals surface area contributed by atoms with Gasteiger partial charge in [-0.1, -0.05) is 25.1 Å². The molecule has 2 rings (SSSR count). The standard InChI is InChI=1S/C24H31F3N4O2/c1-5-16(13-33-4)31(3)24(32)15-9-10-20(29)19(11-15)21(12-28)30-14(2)17-7-6-8-18(22(17)25)23(26)27/h6-12,14,16,23,30H,5,13,28-29H2,1-4H3/b21-12+/t14-,16?/m1/s1. The zero-order valence-corrected chi connectivity index (χ0v) is 19.2. The molecule has 0 aliphatic rings. The Labute approximate surface area is 192 Å². The molecular weight excluding hydrogens is 433 g/mol. The SMILES string of the molecule is CCC(COC)N(C)C(=O)c1ccc(N)c(/C(=C\N)N[C@H](C)c2cccc(C(F)F)c2F)c1. The van der Waals surface area contributed by atoms with E-state index in [1.807, 2.05) is 6.92 Å². The Bertz CT molecular complexity index is 998. The second-order valence-corrected chi connectivity index (χ2v) is 7.73. The van der Waals surface area contributed by atoms with Gasteiger partial charge in [-0.3, -0.25) is 4.79 Å². The maximum absolute atomic E-state index is 14.6. The molecule has 0 spiro atoms. The Morgan fingerprint density at radius 1 is 1.24 bits per heavy atom. The molecule has 1 amide bonds. The summed E-state index contributed by atoms with van der Waals surface area (Å²) in [4.78, 5) is 14.6. The number of benzene rings is 2. The molecule has 0 fully saturated rings. The van der Waals surface area contributed by atoms with Crippen molar-refractivity contribution in [2.45, 2.75) is 38.8 Å². The van der Waals surface area contributed by atoms with E-state index in [9.17, 15) is 18.0 Å². The smallest absolute Gasteiger partial charge is 0.266 e. The van der Waals surface area contributed by atoms with Crippen LogP contribution in [0.3, 0.4) is 0 Å². The van der Waals surface area contributed by atoms with Gasteiger partial charge in [0.2, 0.25) is 0 Å². The van der Waals surface area contributed by atoms with E-state index in [0.29, 0.717) is 35.5 Å². The van der Waals surface area contributed by atoms with Gasteiger partial charge >= 0.3 is 0 Å². The quantitative estimate of drug-likeness (QED) is 0.452. The monoisotopic (exact) mass is 464 g/mol. The third-order valence-corrected chi connectivity index (χ3v) is 5.59. The molecule has 2 aromatic rings. The van der Waals surface area contributed by atoms with Crippen LogP contribution in [-0.4, -0.2) is 37.6 Å². The largest absolute Gasteiger partial charge is 0.403 e. The number of carbonyl (C=O) groups is 1. The Morgan fingerprint density at radius 3 is 2.48 bits per heavy atom. The number of alkyl halides is 2. The number of nitrogens with zero attached hydrogens (tertiary/aromatic N) is 1. The highest BCUT2D eigenvalue weighted by atomic mass is 19.3. The van der Waals surface area contributed by atoms with Crippen molar-refractivity contribution in [3.8, 4) is 0 Å². The predicted octanol–water partition coefficient (Wildman–Crippen LogP) is 4.45. The molecule has 0 saturated heterocycles. The van der Waals surface area contributed by atoms with Crippen molar-refractivity contribution < 1.29 is 22.7 Å². The predicted molar refractivity (Wildman–Crippen MR) is 124 cm³/mol. The fourth-order valence-electron chi connectivity index (χ4n) is 3.59. The molecule has 0 bridgehead atoms. The third kappa shape index (κ3) is 5.98. The first-order chi connectivity index (χ1) is 15.7. The van der Waals surface area contributed by atoms with E-state index >= 15 is 0 Å². The number of halogens is 3. The van der Waals surface area contributed by atoms with E-state index in [4.69, 9.17) is 16.2 Å². The number of nitrogen functional groups attached to an aromatic ring is 1. The van der Waals surface area contributed by atoms with Crippen molar-refractivity contribution in [3.05, 3.63) is 70.7 Å². The zero-order valence-electron chi connectivity index (χ0n) is 19.2. The highest BCUT2D eigenvalue weighted by molar-refractivity contribution is 5.96. The number of ether oxygens (including phenoxy) is 1. The first-order valence-corrected chi connectivity index (χ1v) is 10.6. The molecule has 5 N–H and O–H groups in total. The van der Waals surface area contributed by atoms with Gasteiger partial charge in [-0.05, 0) is 31.5 Å². The first-order valence-electron chi connectivity index (χ1n) is 10.6. The molecular formula is C24H31F3N4O2. The number of amides is 1. The van der Waals surface area contributed by atoms with Gasteiger partial charge in [0.25, 0.3) is 12.3 Å². The molecule has 0 radical (unpaired) electrons. The number of nitrogens with two attached hydrogens (primary N) is 2. The Kier molecular flexibility index (Phi) is 9.16. The highest BCUT2D eigenvalue weighted by Crippen LogP contribution is 2.29. The van der Waals surface area contributed by atoms with E-state index in [0.717, 1.165) is 6.07 Å².